The zero-order valence-corrected chi connectivity index (χ0v) is 12.7. The van der Waals surface area contributed by atoms with E-state index in [2.05, 4.69) is 20.4 Å². The molecule has 0 saturated carbocycles. The summed E-state index contributed by atoms with van der Waals surface area (Å²) in [6, 6.07) is 8.58. The lowest BCUT2D eigenvalue weighted by Gasteiger charge is -2.03. The fraction of sp³-hybridized carbons (Fsp3) is 0.200. The van der Waals surface area contributed by atoms with Gasteiger partial charge in [-0.2, -0.15) is 9.50 Å². The van der Waals surface area contributed by atoms with Crippen molar-refractivity contribution in [2.75, 3.05) is 12.4 Å². The number of aromatic nitrogens is 4. The standard InChI is InChI=1S/C15H15N5O3/c1-9-7-13(22)20-15(16-9)18-14(19-20)17-12(21)8-10-3-5-11(23-2)6-4-10/h3-7H,8H2,1-2H3,(H2,16,17,18,19,21). The maximum atomic E-state index is 12.1. The molecule has 0 aliphatic heterocycles. The molecule has 0 aliphatic carbocycles. The van der Waals surface area contributed by atoms with E-state index in [4.69, 9.17) is 4.74 Å². The topological polar surface area (TPSA) is 101 Å². The highest BCUT2D eigenvalue weighted by molar-refractivity contribution is 5.90. The van der Waals surface area contributed by atoms with Crippen LogP contribution < -0.4 is 15.6 Å². The number of carbonyl (C=O) groups excluding carboxylic acids is 1. The average Bonchev–Trinajstić information content (AvgIpc) is 2.90. The fourth-order valence-electron chi connectivity index (χ4n) is 2.15. The first-order chi connectivity index (χ1) is 11.0. The number of anilines is 1. The summed E-state index contributed by atoms with van der Waals surface area (Å²) in [5.41, 5.74) is 1.12. The molecule has 0 fully saturated rings. The molecule has 0 radical (unpaired) electrons. The highest BCUT2D eigenvalue weighted by atomic mass is 16.5. The monoisotopic (exact) mass is 313 g/mol. The lowest BCUT2D eigenvalue weighted by molar-refractivity contribution is -0.115. The van der Waals surface area contributed by atoms with Crippen molar-refractivity contribution in [1.29, 1.82) is 0 Å². The van der Waals surface area contributed by atoms with Crippen LogP contribution in [0, 0.1) is 6.92 Å². The van der Waals surface area contributed by atoms with Crippen molar-refractivity contribution >= 4 is 17.6 Å². The van der Waals surface area contributed by atoms with Crippen LogP contribution in [-0.4, -0.2) is 32.6 Å². The third-order valence-corrected chi connectivity index (χ3v) is 3.24. The van der Waals surface area contributed by atoms with Crippen LogP contribution >= 0.6 is 0 Å². The normalized spacial score (nSPS) is 10.7. The van der Waals surface area contributed by atoms with Gasteiger partial charge in [0.15, 0.2) is 0 Å². The van der Waals surface area contributed by atoms with E-state index >= 15 is 0 Å². The SMILES string of the molecule is COc1ccc(CC(=O)Nc2nc3nc(C)cc(=O)n3[nH]2)cc1. The molecule has 2 N–H and O–H groups in total. The molecule has 23 heavy (non-hydrogen) atoms. The van der Waals surface area contributed by atoms with Crippen molar-refractivity contribution in [3.05, 3.63) is 51.9 Å². The number of aromatic amines is 1. The second-order valence-corrected chi connectivity index (χ2v) is 5.02. The van der Waals surface area contributed by atoms with Gasteiger partial charge in [-0.05, 0) is 24.6 Å². The third kappa shape index (κ3) is 3.20. The van der Waals surface area contributed by atoms with E-state index in [1.807, 2.05) is 12.1 Å². The number of H-pyrrole nitrogens is 1. The molecular formula is C15H15N5O3. The summed E-state index contributed by atoms with van der Waals surface area (Å²) in [5.74, 6) is 0.875. The van der Waals surface area contributed by atoms with Gasteiger partial charge in [-0.3, -0.25) is 20.0 Å². The lowest BCUT2D eigenvalue weighted by Crippen LogP contribution is -2.17. The molecule has 0 spiro atoms. The van der Waals surface area contributed by atoms with Gasteiger partial charge in [0.2, 0.25) is 11.9 Å². The van der Waals surface area contributed by atoms with Gasteiger partial charge >= 0.3 is 0 Å². The van der Waals surface area contributed by atoms with Crippen LogP contribution in [0.1, 0.15) is 11.3 Å². The molecule has 3 rings (SSSR count). The number of methoxy groups -OCH3 is 1. The van der Waals surface area contributed by atoms with Gasteiger partial charge in [0.25, 0.3) is 11.3 Å². The Morgan fingerprint density at radius 2 is 2.04 bits per heavy atom. The number of hydrogen-bond donors (Lipinski definition) is 2. The molecular weight excluding hydrogens is 298 g/mol. The van der Waals surface area contributed by atoms with Crippen molar-refractivity contribution in [2.45, 2.75) is 13.3 Å². The van der Waals surface area contributed by atoms with Crippen LogP contribution in [0.2, 0.25) is 0 Å². The molecule has 2 aromatic heterocycles. The molecule has 0 saturated heterocycles. The van der Waals surface area contributed by atoms with Gasteiger partial charge < -0.3 is 4.74 Å². The van der Waals surface area contributed by atoms with E-state index in [-0.39, 0.29) is 29.6 Å². The van der Waals surface area contributed by atoms with Crippen LogP contribution in [0.25, 0.3) is 5.78 Å². The van der Waals surface area contributed by atoms with Gasteiger partial charge in [0, 0.05) is 11.8 Å². The van der Waals surface area contributed by atoms with Crippen LogP contribution in [0.4, 0.5) is 5.95 Å². The first-order valence-electron chi connectivity index (χ1n) is 6.94. The highest BCUT2D eigenvalue weighted by Crippen LogP contribution is 2.12. The molecule has 3 aromatic rings. The van der Waals surface area contributed by atoms with Crippen LogP contribution in [0.15, 0.2) is 35.1 Å². The second-order valence-electron chi connectivity index (χ2n) is 5.02. The fourth-order valence-corrected chi connectivity index (χ4v) is 2.15. The summed E-state index contributed by atoms with van der Waals surface area (Å²) < 4.78 is 6.25. The van der Waals surface area contributed by atoms with Crippen molar-refractivity contribution in [3.8, 4) is 5.75 Å². The Bertz CT molecular complexity index is 911. The summed E-state index contributed by atoms with van der Waals surface area (Å²) in [7, 11) is 1.58. The predicted octanol–water partition coefficient (Wildman–Crippen LogP) is 0.916. The van der Waals surface area contributed by atoms with Crippen molar-refractivity contribution < 1.29 is 9.53 Å². The molecule has 1 amide bonds. The number of aryl methyl sites for hydroxylation is 1. The zero-order chi connectivity index (χ0) is 16.4. The maximum Gasteiger partial charge on any atom is 0.274 e. The number of amides is 1. The Morgan fingerprint density at radius 3 is 2.74 bits per heavy atom. The molecule has 0 unspecified atom stereocenters. The van der Waals surface area contributed by atoms with Crippen LogP contribution in [0.5, 0.6) is 5.75 Å². The smallest absolute Gasteiger partial charge is 0.274 e. The second kappa shape index (κ2) is 5.91. The van der Waals surface area contributed by atoms with Gasteiger partial charge in [-0.25, -0.2) is 4.98 Å². The van der Waals surface area contributed by atoms with E-state index < -0.39 is 0 Å². The third-order valence-electron chi connectivity index (χ3n) is 3.24. The number of carbonyl (C=O) groups is 1. The Balaban J connectivity index is 1.74. The summed E-state index contributed by atoms with van der Waals surface area (Å²) >= 11 is 0. The minimum atomic E-state index is -0.282. The molecule has 2 heterocycles. The summed E-state index contributed by atoms with van der Waals surface area (Å²) in [6.07, 6.45) is 0.183. The number of nitrogens with zero attached hydrogens (tertiary/aromatic N) is 3. The molecule has 8 nitrogen and oxygen atoms in total. The molecule has 0 aliphatic rings. The van der Waals surface area contributed by atoms with E-state index in [1.54, 1.807) is 26.2 Å². The Hall–Kier alpha value is -3.16. The van der Waals surface area contributed by atoms with Crippen LogP contribution in [-0.2, 0) is 11.2 Å². The van der Waals surface area contributed by atoms with E-state index in [0.717, 1.165) is 11.3 Å². The number of hydrogen-bond acceptors (Lipinski definition) is 5. The molecule has 1 aromatic carbocycles. The highest BCUT2D eigenvalue weighted by Gasteiger charge is 2.10. The first-order valence-corrected chi connectivity index (χ1v) is 6.94. The number of ether oxygens (including phenoxy) is 1. The van der Waals surface area contributed by atoms with E-state index in [1.165, 1.54) is 10.6 Å². The van der Waals surface area contributed by atoms with Gasteiger partial charge in [-0.1, -0.05) is 12.1 Å². The summed E-state index contributed by atoms with van der Waals surface area (Å²) in [6.45, 7) is 1.71. The van der Waals surface area contributed by atoms with Crippen molar-refractivity contribution in [3.63, 3.8) is 0 Å². The first kappa shape index (κ1) is 14.8. The number of fused-ring (bicyclic) bond motifs is 1. The van der Waals surface area contributed by atoms with Crippen molar-refractivity contribution in [2.24, 2.45) is 0 Å². The molecule has 0 bridgehead atoms. The Morgan fingerprint density at radius 1 is 1.30 bits per heavy atom. The largest absolute Gasteiger partial charge is 0.497 e. The Kier molecular flexibility index (Phi) is 3.80. The van der Waals surface area contributed by atoms with E-state index in [0.29, 0.717) is 5.69 Å². The van der Waals surface area contributed by atoms with Crippen LogP contribution in [0.3, 0.4) is 0 Å². The molecule has 118 valence electrons. The minimum Gasteiger partial charge on any atom is -0.497 e. The van der Waals surface area contributed by atoms with Crippen molar-refractivity contribution in [1.82, 2.24) is 19.6 Å². The summed E-state index contributed by atoms with van der Waals surface area (Å²) in [5, 5.41) is 5.32. The van der Waals surface area contributed by atoms with Gasteiger partial charge in [-0.15, -0.1) is 0 Å². The van der Waals surface area contributed by atoms with Gasteiger partial charge in [0.05, 0.1) is 13.5 Å². The Labute approximate surface area is 131 Å². The van der Waals surface area contributed by atoms with Gasteiger partial charge in [0.1, 0.15) is 5.75 Å². The minimum absolute atomic E-state index is 0.179. The lowest BCUT2D eigenvalue weighted by atomic mass is 10.1. The number of benzene rings is 1. The summed E-state index contributed by atoms with van der Waals surface area (Å²) in [4.78, 5) is 32.0. The average molecular weight is 313 g/mol. The zero-order valence-electron chi connectivity index (χ0n) is 12.7. The predicted molar refractivity (Wildman–Crippen MR) is 83.7 cm³/mol. The number of nitrogens with one attached hydrogen (secondary N) is 2. The quantitative estimate of drug-likeness (QED) is 0.745. The molecule has 8 heteroatoms. The van der Waals surface area contributed by atoms with E-state index in [9.17, 15) is 9.59 Å². The molecule has 0 atom stereocenters. The number of rotatable bonds is 4. The maximum absolute atomic E-state index is 12.1.